The summed E-state index contributed by atoms with van der Waals surface area (Å²) in [5.74, 6) is -1.06. The van der Waals surface area contributed by atoms with Gasteiger partial charge >= 0.3 is 0 Å². The molecule has 26 heavy (non-hydrogen) atoms. The number of primary amides is 1. The van der Waals surface area contributed by atoms with Crippen LogP contribution in [0.25, 0.3) is 11.4 Å². The summed E-state index contributed by atoms with van der Waals surface area (Å²) in [6.07, 6.45) is 0. The Morgan fingerprint density at radius 3 is 2.85 bits per heavy atom. The maximum Gasteiger partial charge on any atom is 0.251 e. The van der Waals surface area contributed by atoms with Crippen molar-refractivity contribution in [3.05, 3.63) is 47.1 Å². The number of benzene rings is 1. The number of anilines is 1. The number of aromatic amines is 1. The molecule has 10 heteroatoms. The third kappa shape index (κ3) is 3.92. The fourth-order valence-electron chi connectivity index (χ4n) is 2.10. The third-order valence-electron chi connectivity index (χ3n) is 3.41. The molecule has 0 saturated heterocycles. The lowest BCUT2D eigenvalue weighted by Gasteiger charge is -2.09. The fraction of sp³-hybridized carbons (Fsp3) is 0.125. The number of hydrogen-bond donors (Lipinski definition) is 3. The molecule has 2 amide bonds. The molecule has 7 nitrogen and oxygen atoms in total. The second kappa shape index (κ2) is 7.67. The molecule has 0 aliphatic rings. The van der Waals surface area contributed by atoms with E-state index in [9.17, 15) is 14.0 Å². The van der Waals surface area contributed by atoms with Crippen molar-refractivity contribution in [2.24, 2.45) is 5.73 Å². The van der Waals surface area contributed by atoms with E-state index in [1.165, 1.54) is 17.4 Å². The Bertz CT molecular complexity index is 956. The number of thiophene rings is 1. The summed E-state index contributed by atoms with van der Waals surface area (Å²) in [6, 6.07) is 7.75. The Hall–Kier alpha value is -2.72. The smallest absolute Gasteiger partial charge is 0.251 e. The van der Waals surface area contributed by atoms with Crippen molar-refractivity contribution in [1.29, 1.82) is 0 Å². The zero-order valence-corrected chi connectivity index (χ0v) is 15.2. The highest BCUT2D eigenvalue weighted by Crippen LogP contribution is 2.27. The number of H-pyrrole nitrogens is 1. The number of carbonyl (C=O) groups is 2. The number of rotatable bonds is 6. The molecule has 2 aromatic heterocycles. The van der Waals surface area contributed by atoms with E-state index in [0.717, 1.165) is 11.8 Å². The van der Waals surface area contributed by atoms with Gasteiger partial charge in [-0.05, 0) is 30.5 Å². The molecule has 3 aromatic rings. The van der Waals surface area contributed by atoms with Crippen LogP contribution in [0.2, 0.25) is 0 Å². The summed E-state index contributed by atoms with van der Waals surface area (Å²) in [5, 5.41) is 11.2. The van der Waals surface area contributed by atoms with E-state index in [0.29, 0.717) is 15.7 Å². The number of nitrogens with zero attached hydrogens (tertiary/aromatic N) is 2. The van der Waals surface area contributed by atoms with Gasteiger partial charge in [0.1, 0.15) is 10.8 Å². The number of halogens is 1. The first kappa shape index (κ1) is 18.1. The topological polar surface area (TPSA) is 114 Å². The molecule has 134 valence electrons. The van der Waals surface area contributed by atoms with Crippen molar-refractivity contribution in [2.45, 2.75) is 17.3 Å². The maximum absolute atomic E-state index is 13.8. The minimum Gasteiger partial charge on any atom is -0.366 e. The first-order valence-electron chi connectivity index (χ1n) is 7.48. The summed E-state index contributed by atoms with van der Waals surface area (Å²) in [5.41, 5.74) is 5.82. The highest BCUT2D eigenvalue weighted by atomic mass is 32.2. The molecule has 4 N–H and O–H groups in total. The second-order valence-electron chi connectivity index (χ2n) is 5.22. The standard InChI is InChI=1S/C16H14FN5O2S2/c1-8(14(24)20-15-10(12(18)23)6-7-25-15)26-16-19-13(21-22-16)9-4-2-3-5-11(9)17/h2-8H,1H3,(H2,18,23)(H,20,24)(H,19,21,22). The molecule has 3 rings (SSSR count). The van der Waals surface area contributed by atoms with Crippen molar-refractivity contribution in [3.8, 4) is 11.4 Å². The lowest BCUT2D eigenvalue weighted by Crippen LogP contribution is -2.23. The van der Waals surface area contributed by atoms with Crippen LogP contribution in [-0.4, -0.2) is 32.2 Å². The van der Waals surface area contributed by atoms with Gasteiger partial charge in [0.25, 0.3) is 5.91 Å². The van der Waals surface area contributed by atoms with E-state index in [1.807, 2.05) is 0 Å². The molecule has 1 unspecified atom stereocenters. The van der Waals surface area contributed by atoms with Crippen molar-refractivity contribution in [1.82, 2.24) is 15.2 Å². The van der Waals surface area contributed by atoms with Crippen molar-refractivity contribution in [2.75, 3.05) is 5.32 Å². The van der Waals surface area contributed by atoms with Crippen LogP contribution in [-0.2, 0) is 4.79 Å². The Labute approximate surface area is 156 Å². The zero-order valence-electron chi connectivity index (χ0n) is 13.5. The maximum atomic E-state index is 13.8. The average Bonchev–Trinajstić information content (AvgIpc) is 3.24. The fourth-order valence-corrected chi connectivity index (χ4v) is 3.62. The highest BCUT2D eigenvalue weighted by Gasteiger charge is 2.20. The minimum atomic E-state index is -0.606. The largest absolute Gasteiger partial charge is 0.366 e. The number of carbonyl (C=O) groups excluding carboxylic acids is 2. The molecule has 0 spiro atoms. The summed E-state index contributed by atoms with van der Waals surface area (Å²) in [7, 11) is 0. The molecule has 2 heterocycles. The number of nitrogens with two attached hydrogens (primary N) is 1. The molecular formula is C16H14FN5O2S2. The molecule has 0 bridgehead atoms. The van der Waals surface area contributed by atoms with Crippen LogP contribution in [0.15, 0.2) is 40.9 Å². The predicted molar refractivity (Wildman–Crippen MR) is 98.6 cm³/mol. The number of thioether (sulfide) groups is 1. The molecule has 0 aliphatic carbocycles. The van der Waals surface area contributed by atoms with E-state index in [4.69, 9.17) is 5.73 Å². The predicted octanol–water partition coefficient (Wildman–Crippen LogP) is 2.89. The SMILES string of the molecule is CC(Sc1n[nH]c(-c2ccccc2F)n1)C(=O)Nc1sccc1C(N)=O. The van der Waals surface area contributed by atoms with Gasteiger partial charge in [-0.2, -0.15) is 0 Å². The van der Waals surface area contributed by atoms with Crippen molar-refractivity contribution < 1.29 is 14.0 Å². The normalized spacial score (nSPS) is 11.9. The van der Waals surface area contributed by atoms with E-state index >= 15 is 0 Å². The first-order chi connectivity index (χ1) is 12.5. The Morgan fingerprint density at radius 2 is 2.12 bits per heavy atom. The van der Waals surface area contributed by atoms with E-state index in [-0.39, 0.29) is 17.3 Å². The second-order valence-corrected chi connectivity index (χ2v) is 7.45. The molecular weight excluding hydrogens is 377 g/mol. The summed E-state index contributed by atoms with van der Waals surface area (Å²) in [6.45, 7) is 1.68. The van der Waals surface area contributed by atoms with Crippen molar-refractivity contribution in [3.63, 3.8) is 0 Å². The lowest BCUT2D eigenvalue weighted by atomic mass is 10.2. The van der Waals surface area contributed by atoms with Crippen LogP contribution < -0.4 is 11.1 Å². The summed E-state index contributed by atoms with van der Waals surface area (Å²) >= 11 is 2.32. The molecule has 1 aromatic carbocycles. The van der Waals surface area contributed by atoms with Crippen LogP contribution in [0.4, 0.5) is 9.39 Å². The Balaban J connectivity index is 1.67. The van der Waals surface area contributed by atoms with Gasteiger partial charge < -0.3 is 11.1 Å². The molecule has 0 fully saturated rings. The summed E-state index contributed by atoms with van der Waals surface area (Å²) < 4.78 is 13.8. The van der Waals surface area contributed by atoms with E-state index < -0.39 is 17.0 Å². The monoisotopic (exact) mass is 391 g/mol. The quantitative estimate of drug-likeness (QED) is 0.559. The van der Waals surface area contributed by atoms with Gasteiger partial charge in [-0.1, -0.05) is 23.9 Å². The van der Waals surface area contributed by atoms with Crippen LogP contribution >= 0.6 is 23.1 Å². The minimum absolute atomic E-state index is 0.264. The Morgan fingerprint density at radius 1 is 1.35 bits per heavy atom. The van der Waals surface area contributed by atoms with Crippen LogP contribution in [0.5, 0.6) is 0 Å². The average molecular weight is 391 g/mol. The third-order valence-corrected chi connectivity index (χ3v) is 5.20. The van der Waals surface area contributed by atoms with Gasteiger partial charge in [0, 0.05) is 0 Å². The number of hydrogen-bond acceptors (Lipinski definition) is 6. The molecule has 0 aliphatic heterocycles. The number of nitrogens with one attached hydrogen (secondary N) is 2. The van der Waals surface area contributed by atoms with Crippen LogP contribution in [0.3, 0.4) is 0 Å². The molecule has 0 saturated carbocycles. The molecule has 0 radical (unpaired) electrons. The van der Waals surface area contributed by atoms with Gasteiger partial charge in [0.2, 0.25) is 11.1 Å². The van der Waals surface area contributed by atoms with E-state index in [2.05, 4.69) is 20.5 Å². The van der Waals surface area contributed by atoms with Gasteiger partial charge in [0.05, 0.1) is 16.4 Å². The molecule has 1 atom stereocenters. The lowest BCUT2D eigenvalue weighted by molar-refractivity contribution is -0.115. The summed E-state index contributed by atoms with van der Waals surface area (Å²) in [4.78, 5) is 27.8. The van der Waals surface area contributed by atoms with Gasteiger partial charge in [-0.25, -0.2) is 9.37 Å². The van der Waals surface area contributed by atoms with Gasteiger partial charge in [-0.3, -0.25) is 14.7 Å². The number of aromatic nitrogens is 3. The Kier molecular flexibility index (Phi) is 5.33. The van der Waals surface area contributed by atoms with Crippen LogP contribution in [0, 0.1) is 5.82 Å². The van der Waals surface area contributed by atoms with Gasteiger partial charge in [0.15, 0.2) is 5.82 Å². The number of amides is 2. The first-order valence-corrected chi connectivity index (χ1v) is 9.23. The van der Waals surface area contributed by atoms with Gasteiger partial charge in [-0.15, -0.1) is 16.4 Å². The zero-order chi connectivity index (χ0) is 18.7. The highest BCUT2D eigenvalue weighted by molar-refractivity contribution is 8.00. The van der Waals surface area contributed by atoms with Crippen LogP contribution in [0.1, 0.15) is 17.3 Å². The van der Waals surface area contributed by atoms with E-state index in [1.54, 1.807) is 36.6 Å². The van der Waals surface area contributed by atoms with Crippen molar-refractivity contribution >= 4 is 39.9 Å².